The first-order chi connectivity index (χ1) is 36.7. The van der Waals surface area contributed by atoms with Crippen LogP contribution in [0.25, 0.3) is 11.0 Å². The molecule has 5 aromatic rings. The van der Waals surface area contributed by atoms with Crippen molar-refractivity contribution in [1.82, 2.24) is 24.5 Å². The maximum absolute atomic E-state index is 14.8. The average Bonchev–Trinajstić information content (AvgIpc) is 3.88. The van der Waals surface area contributed by atoms with Crippen molar-refractivity contribution in [2.45, 2.75) is 125 Å². The van der Waals surface area contributed by atoms with Crippen molar-refractivity contribution < 1.29 is 37.5 Å². The number of hydrogen-bond acceptors (Lipinski definition) is 15. The number of aliphatic hydroxyl groups is 1. The summed E-state index contributed by atoms with van der Waals surface area (Å²) in [7, 11) is -4.62. The highest BCUT2D eigenvalue weighted by Gasteiger charge is 2.51. The largest absolute Gasteiger partial charge is 0.468 e. The lowest BCUT2D eigenvalue weighted by Gasteiger charge is -2.58. The topological polar surface area (TPSA) is 208 Å². The van der Waals surface area contributed by atoms with Crippen LogP contribution in [-0.4, -0.2) is 140 Å². The van der Waals surface area contributed by atoms with Gasteiger partial charge in [-0.3, -0.25) is 24.7 Å². The first kappa shape index (κ1) is 51.0. The fraction of sp³-hybridized carbons (Fsp3) is 0.544. The fourth-order valence-corrected chi connectivity index (χ4v) is 14.8. The van der Waals surface area contributed by atoms with Gasteiger partial charge in [-0.25, -0.2) is 13.1 Å². The number of nitrogens with one attached hydrogen (secondary N) is 3. The molecule has 2 aromatic heterocycles. The number of nitro groups is 1. The van der Waals surface area contributed by atoms with E-state index in [1.54, 1.807) is 6.07 Å². The van der Waals surface area contributed by atoms with Crippen LogP contribution in [0.4, 0.5) is 28.4 Å². The number of aryl methyl sites for hydroxylation is 1. The maximum atomic E-state index is 14.8. The van der Waals surface area contributed by atoms with E-state index in [4.69, 9.17) is 19.2 Å². The molecule has 404 valence electrons. The van der Waals surface area contributed by atoms with E-state index in [1.807, 2.05) is 37.4 Å². The summed E-state index contributed by atoms with van der Waals surface area (Å²) in [4.78, 5) is 44.2. The summed E-state index contributed by atoms with van der Waals surface area (Å²) >= 11 is 0. The van der Waals surface area contributed by atoms with E-state index in [0.717, 1.165) is 95.2 Å². The molecular formula is C57H71N9O9S. The lowest BCUT2D eigenvalue weighted by atomic mass is 9.59. The molecule has 19 heteroatoms. The number of amides is 1. The number of benzene rings is 3. The highest BCUT2D eigenvalue weighted by molar-refractivity contribution is 7.90. The van der Waals surface area contributed by atoms with Crippen LogP contribution >= 0.6 is 0 Å². The van der Waals surface area contributed by atoms with Gasteiger partial charge in [0.15, 0.2) is 0 Å². The molecule has 7 heterocycles. The van der Waals surface area contributed by atoms with E-state index >= 15 is 0 Å². The third kappa shape index (κ3) is 10.0. The number of aromatic nitrogens is 2. The summed E-state index contributed by atoms with van der Waals surface area (Å²) in [5.74, 6) is -0.303. The van der Waals surface area contributed by atoms with Gasteiger partial charge in [-0.2, -0.15) is 4.98 Å². The van der Waals surface area contributed by atoms with E-state index in [1.165, 1.54) is 42.5 Å². The van der Waals surface area contributed by atoms with Crippen LogP contribution in [0.1, 0.15) is 105 Å². The third-order valence-electron chi connectivity index (χ3n) is 18.3. The second kappa shape index (κ2) is 20.5. The minimum absolute atomic E-state index is 0.120. The number of hydrogen-bond donors (Lipinski definition) is 4. The molecule has 0 unspecified atom stereocenters. The molecule has 4 atom stereocenters. The Labute approximate surface area is 444 Å². The lowest BCUT2D eigenvalue weighted by Crippen LogP contribution is -2.59. The van der Waals surface area contributed by atoms with E-state index in [-0.39, 0.29) is 28.6 Å². The number of piperidine rings is 2. The van der Waals surface area contributed by atoms with Gasteiger partial charge < -0.3 is 39.4 Å². The number of aromatic amines is 1. The first-order valence-corrected chi connectivity index (χ1v) is 29.0. The van der Waals surface area contributed by atoms with Crippen LogP contribution in [0, 0.1) is 28.4 Å². The summed E-state index contributed by atoms with van der Waals surface area (Å²) < 4.78 is 49.0. The summed E-state index contributed by atoms with van der Waals surface area (Å²) in [6, 6.07) is 23.4. The number of pyridine rings is 1. The van der Waals surface area contributed by atoms with E-state index < -0.39 is 43.1 Å². The monoisotopic (exact) mass is 1060 g/mol. The van der Waals surface area contributed by atoms with Gasteiger partial charge in [-0.15, -0.1) is 0 Å². The maximum Gasteiger partial charge on any atom is 0.293 e. The zero-order valence-electron chi connectivity index (χ0n) is 43.6. The molecule has 3 aromatic carbocycles. The van der Waals surface area contributed by atoms with Crippen LogP contribution in [0.2, 0.25) is 0 Å². The minimum atomic E-state index is -4.62. The molecule has 12 rings (SSSR count). The number of nitrogens with zero attached hydrogens (tertiary/aromatic N) is 6. The van der Waals surface area contributed by atoms with Crippen molar-refractivity contribution in [3.8, 4) is 5.88 Å². The van der Waals surface area contributed by atoms with E-state index in [2.05, 4.69) is 65.8 Å². The zero-order valence-corrected chi connectivity index (χ0v) is 44.4. The Morgan fingerprint density at radius 1 is 0.895 bits per heavy atom. The second-order valence-electron chi connectivity index (χ2n) is 23.1. The van der Waals surface area contributed by atoms with Crippen LogP contribution in [0.15, 0.2) is 83.9 Å². The van der Waals surface area contributed by atoms with Crippen molar-refractivity contribution in [3.05, 3.63) is 106 Å². The number of H-pyrrole nitrogens is 1. The molecule has 1 amide bonds. The van der Waals surface area contributed by atoms with Gasteiger partial charge in [0.1, 0.15) is 23.1 Å². The SMILES string of the molecule is Cc1ccccc1[C@H]1C[C@@H](N2CCOCC2)CCN1C1CC2(CCN(c3ccc(C(=O)NS(=O)(=O)c4ccc(NC[C@H]5CC[C@](C)(O)CC5)c([N+](=O)[O-])c4)c(N4c5cc6cc[nH]c6nc5O[C@H]5COCC[C@@H]54)c3)CC2)C1. The van der Waals surface area contributed by atoms with Gasteiger partial charge in [-0.1, -0.05) is 24.3 Å². The Balaban J connectivity index is 0.804. The molecule has 2 aliphatic carbocycles. The number of carbonyl (C=O) groups is 1. The normalized spacial score (nSPS) is 27.3. The predicted octanol–water partition coefficient (Wildman–Crippen LogP) is 8.23. The summed E-state index contributed by atoms with van der Waals surface area (Å²) in [6.45, 7) is 11.7. The Hall–Kier alpha value is -5.83. The average molecular weight is 1060 g/mol. The first-order valence-electron chi connectivity index (χ1n) is 27.6. The third-order valence-corrected chi connectivity index (χ3v) is 19.6. The molecule has 1 spiro atoms. The molecule has 2 saturated carbocycles. The highest BCUT2D eigenvalue weighted by atomic mass is 32.2. The molecule has 4 saturated heterocycles. The Morgan fingerprint density at radius 3 is 2.46 bits per heavy atom. The number of carbonyl (C=O) groups excluding carboxylic acids is 1. The quantitative estimate of drug-likeness (QED) is 0.0686. The number of anilines is 4. The Kier molecular flexibility index (Phi) is 13.8. The fourth-order valence-electron chi connectivity index (χ4n) is 13.8. The Bertz CT molecular complexity index is 3080. The van der Waals surface area contributed by atoms with E-state index in [0.29, 0.717) is 80.0 Å². The molecule has 7 aliphatic rings. The second-order valence-corrected chi connectivity index (χ2v) is 24.7. The molecule has 6 fully saturated rings. The predicted molar refractivity (Wildman–Crippen MR) is 290 cm³/mol. The number of morpholine rings is 1. The van der Waals surface area contributed by atoms with Gasteiger partial charge in [0.05, 0.1) is 52.5 Å². The zero-order chi connectivity index (χ0) is 52.3. The van der Waals surface area contributed by atoms with Crippen molar-refractivity contribution in [2.75, 3.05) is 80.8 Å². The summed E-state index contributed by atoms with van der Waals surface area (Å²) in [6.07, 6.45) is 11.5. The van der Waals surface area contributed by atoms with Crippen molar-refractivity contribution >= 4 is 55.4 Å². The molecule has 18 nitrogen and oxygen atoms in total. The standard InChI is InChI=1S/C57H71N9O9S/c1-37-5-3-4-6-44(37)48-30-41(63-24-27-73-28-25-63)14-21-64(48)42-33-57(34-42)18-22-62(23-19-57)40-7-9-45(49(31-40)65-47-15-26-74-36-52(47)75-55-51(65)29-39-13-20-58-53(39)60-55)54(67)61-76(71,72)43-8-10-46(50(32-43)66(69)70)59-35-38-11-16-56(2,68)17-12-38/h3-10,13,20,29,31-32,38,41-42,47-48,52,59,68H,11-12,14-19,21-28,30,33-36H2,1-2H3,(H,58,60)(H,61,67)/t38-,41-,47-,48+,52-,56-/m0/s1. The number of nitro benzene ring substituents is 1. The summed E-state index contributed by atoms with van der Waals surface area (Å²) in [5.41, 5.74) is 4.97. The minimum Gasteiger partial charge on any atom is -0.468 e. The molecule has 4 N–H and O–H groups in total. The van der Waals surface area contributed by atoms with Crippen molar-refractivity contribution in [2.24, 2.45) is 11.3 Å². The number of rotatable bonds is 12. The van der Waals surface area contributed by atoms with Gasteiger partial charge >= 0.3 is 0 Å². The highest BCUT2D eigenvalue weighted by Crippen LogP contribution is 2.54. The van der Waals surface area contributed by atoms with Crippen LogP contribution in [0.5, 0.6) is 5.88 Å². The number of sulfonamides is 1. The van der Waals surface area contributed by atoms with Gasteiger partial charge in [-0.05, 0) is 149 Å². The van der Waals surface area contributed by atoms with Gasteiger partial charge in [0.25, 0.3) is 21.6 Å². The molecular weight excluding hydrogens is 987 g/mol. The molecule has 76 heavy (non-hydrogen) atoms. The molecule has 5 aliphatic heterocycles. The van der Waals surface area contributed by atoms with Crippen LogP contribution in [-0.2, 0) is 19.5 Å². The number of fused-ring (bicyclic) bond motifs is 3. The van der Waals surface area contributed by atoms with Gasteiger partial charge in [0.2, 0.25) is 5.88 Å². The molecule has 0 radical (unpaired) electrons. The Morgan fingerprint density at radius 2 is 1.68 bits per heavy atom. The smallest absolute Gasteiger partial charge is 0.293 e. The van der Waals surface area contributed by atoms with Crippen molar-refractivity contribution in [1.29, 1.82) is 0 Å². The number of ether oxygens (including phenoxy) is 3. The lowest BCUT2D eigenvalue weighted by molar-refractivity contribution is -0.384. The molecule has 0 bridgehead atoms. The summed E-state index contributed by atoms with van der Waals surface area (Å²) in [5, 5.41) is 26.8. The van der Waals surface area contributed by atoms with Crippen LogP contribution in [0.3, 0.4) is 0 Å². The van der Waals surface area contributed by atoms with Crippen molar-refractivity contribution in [3.63, 3.8) is 0 Å². The van der Waals surface area contributed by atoms with E-state index in [9.17, 15) is 28.4 Å². The van der Waals surface area contributed by atoms with Crippen LogP contribution < -0.4 is 24.6 Å². The van der Waals surface area contributed by atoms with Gasteiger partial charge in [0, 0.05) is 87.3 Å². The number of likely N-dealkylation sites (tertiary alicyclic amines) is 1.